The number of anilines is 2. The molecule has 0 aliphatic carbocycles. The van der Waals surface area contributed by atoms with Crippen LogP contribution in [0.25, 0.3) is 0 Å². The van der Waals surface area contributed by atoms with Crippen molar-refractivity contribution in [2.75, 3.05) is 22.4 Å². The monoisotopic (exact) mass is 465 g/mol. The molecule has 3 aromatic rings. The Balaban J connectivity index is 1.88. The number of nitriles is 1. The van der Waals surface area contributed by atoms with E-state index in [1.807, 2.05) is 13.2 Å². The average molecular weight is 466 g/mol. The molecule has 164 valence electrons. The van der Waals surface area contributed by atoms with E-state index in [4.69, 9.17) is 5.26 Å². The van der Waals surface area contributed by atoms with Gasteiger partial charge < -0.3 is 5.32 Å². The van der Waals surface area contributed by atoms with Gasteiger partial charge in [-0.1, -0.05) is 29.8 Å². The molecule has 6 nitrogen and oxygen atoms in total. The van der Waals surface area contributed by atoms with Gasteiger partial charge in [0.25, 0.3) is 10.0 Å². The van der Waals surface area contributed by atoms with Gasteiger partial charge in [0.15, 0.2) is 0 Å². The van der Waals surface area contributed by atoms with Crippen LogP contribution in [0.4, 0.5) is 11.4 Å². The fourth-order valence-electron chi connectivity index (χ4n) is 3.03. The van der Waals surface area contributed by atoms with Crippen LogP contribution >= 0.6 is 11.8 Å². The molecule has 0 saturated carbocycles. The molecule has 0 atom stereocenters. The zero-order valence-corrected chi connectivity index (χ0v) is 19.4. The highest BCUT2D eigenvalue weighted by Crippen LogP contribution is 2.26. The number of nitrogens with one attached hydrogen (secondary N) is 1. The van der Waals surface area contributed by atoms with Gasteiger partial charge in [0.2, 0.25) is 5.91 Å². The zero-order valence-electron chi connectivity index (χ0n) is 17.8. The lowest BCUT2D eigenvalue weighted by molar-refractivity contribution is -0.114. The number of carbonyl (C=O) groups is 1. The molecule has 0 aliphatic heterocycles. The second-order valence-electron chi connectivity index (χ2n) is 7.10. The number of sulfonamides is 1. The minimum atomic E-state index is -3.97. The Hall–Kier alpha value is -3.28. The van der Waals surface area contributed by atoms with Crippen LogP contribution in [0.15, 0.2) is 82.6 Å². The average Bonchev–Trinajstić information content (AvgIpc) is 2.79. The molecule has 0 aromatic heterocycles. The normalized spacial score (nSPS) is 10.9. The third kappa shape index (κ3) is 5.69. The smallest absolute Gasteiger partial charge is 0.264 e. The lowest BCUT2D eigenvalue weighted by atomic mass is 10.1. The number of amides is 1. The molecule has 0 heterocycles. The number of hydrogen-bond acceptors (Lipinski definition) is 5. The van der Waals surface area contributed by atoms with Crippen molar-refractivity contribution in [2.45, 2.75) is 23.1 Å². The van der Waals surface area contributed by atoms with Crippen LogP contribution in [0.2, 0.25) is 0 Å². The summed E-state index contributed by atoms with van der Waals surface area (Å²) in [6, 6.07) is 22.5. The van der Waals surface area contributed by atoms with Crippen molar-refractivity contribution >= 4 is 39.1 Å². The number of nitrogens with zero attached hydrogens (tertiary/aromatic N) is 2. The van der Waals surface area contributed by atoms with Gasteiger partial charge in [0.05, 0.1) is 23.1 Å². The summed E-state index contributed by atoms with van der Waals surface area (Å²) in [5.74, 6) is -0.470. The minimum absolute atomic E-state index is 0.115. The molecule has 3 rings (SSSR count). The third-order valence-electron chi connectivity index (χ3n) is 4.78. The quantitative estimate of drug-likeness (QED) is 0.491. The second kappa shape index (κ2) is 10.4. The van der Waals surface area contributed by atoms with Gasteiger partial charge in [-0.2, -0.15) is 5.26 Å². The van der Waals surface area contributed by atoms with Crippen molar-refractivity contribution in [2.24, 2.45) is 0 Å². The third-order valence-corrected chi connectivity index (χ3v) is 7.31. The van der Waals surface area contributed by atoms with E-state index in [1.165, 1.54) is 11.8 Å². The van der Waals surface area contributed by atoms with Gasteiger partial charge in [-0.05, 0) is 67.3 Å². The van der Waals surface area contributed by atoms with E-state index in [0.29, 0.717) is 11.4 Å². The van der Waals surface area contributed by atoms with Gasteiger partial charge >= 0.3 is 0 Å². The Kier molecular flexibility index (Phi) is 7.57. The largest absolute Gasteiger partial charge is 0.325 e. The van der Waals surface area contributed by atoms with Crippen molar-refractivity contribution in [1.29, 1.82) is 5.26 Å². The summed E-state index contributed by atoms with van der Waals surface area (Å²) in [6.45, 7) is 1.53. The highest BCUT2D eigenvalue weighted by molar-refractivity contribution is 7.98. The van der Waals surface area contributed by atoms with Gasteiger partial charge in [0, 0.05) is 10.6 Å². The summed E-state index contributed by atoms with van der Waals surface area (Å²) >= 11 is 1.52. The first kappa shape index (κ1) is 23.4. The van der Waals surface area contributed by atoms with Gasteiger partial charge in [-0.15, -0.1) is 11.8 Å². The summed E-state index contributed by atoms with van der Waals surface area (Å²) in [4.78, 5) is 13.8. The lowest BCUT2D eigenvalue weighted by Gasteiger charge is -2.24. The van der Waals surface area contributed by atoms with Gasteiger partial charge in [-0.25, -0.2) is 8.42 Å². The summed E-state index contributed by atoms with van der Waals surface area (Å²) in [5, 5.41) is 11.5. The van der Waals surface area contributed by atoms with E-state index in [0.717, 1.165) is 20.3 Å². The maximum atomic E-state index is 13.4. The van der Waals surface area contributed by atoms with Crippen molar-refractivity contribution in [1.82, 2.24) is 0 Å². The van der Waals surface area contributed by atoms with E-state index < -0.39 is 15.9 Å². The Bertz CT molecular complexity index is 1220. The number of carbonyl (C=O) groups excluding carboxylic acids is 1. The van der Waals surface area contributed by atoms with Gasteiger partial charge in [0.1, 0.15) is 6.54 Å². The first-order chi connectivity index (χ1) is 15.3. The number of benzene rings is 3. The molecule has 0 unspecified atom stereocenters. The second-order valence-corrected chi connectivity index (χ2v) is 9.84. The lowest BCUT2D eigenvalue weighted by Crippen LogP contribution is -2.38. The molecule has 1 amide bonds. The molecule has 3 aromatic carbocycles. The Morgan fingerprint density at radius 3 is 2.19 bits per heavy atom. The molecule has 0 bridgehead atoms. The van der Waals surface area contributed by atoms with Crippen LogP contribution in [-0.4, -0.2) is 27.1 Å². The van der Waals surface area contributed by atoms with Crippen molar-refractivity contribution in [3.63, 3.8) is 0 Å². The van der Waals surface area contributed by atoms with Crippen LogP contribution in [0, 0.1) is 18.3 Å². The molecule has 0 aliphatic rings. The van der Waals surface area contributed by atoms with Crippen molar-refractivity contribution in [3.8, 4) is 6.07 Å². The molecule has 0 fully saturated rings. The molecule has 0 spiro atoms. The fourth-order valence-corrected chi connectivity index (χ4v) is 4.86. The van der Waals surface area contributed by atoms with Crippen LogP contribution < -0.4 is 9.62 Å². The summed E-state index contributed by atoms with van der Waals surface area (Å²) in [6.07, 6.45) is 2.20. The Morgan fingerprint density at radius 1 is 1.00 bits per heavy atom. The van der Waals surface area contributed by atoms with Crippen LogP contribution in [-0.2, 0) is 21.2 Å². The molecule has 8 heteroatoms. The van der Waals surface area contributed by atoms with Crippen molar-refractivity contribution < 1.29 is 13.2 Å². The maximum absolute atomic E-state index is 13.4. The Morgan fingerprint density at radius 2 is 1.62 bits per heavy atom. The molecule has 0 saturated heterocycles. The standard InChI is InChI=1S/C24H23N3O3S2/c1-18-3-9-21(10-4-18)27(32(29,30)23-13-11-22(31-2)12-14-23)17-24(28)26-20-7-5-19(6-8-20)15-16-25/h3-14H,15,17H2,1-2H3,(H,26,28). The highest BCUT2D eigenvalue weighted by atomic mass is 32.2. The van der Waals surface area contributed by atoms with E-state index >= 15 is 0 Å². The first-order valence-electron chi connectivity index (χ1n) is 9.82. The number of rotatable bonds is 8. The first-order valence-corrected chi connectivity index (χ1v) is 12.5. The van der Waals surface area contributed by atoms with Crippen LogP contribution in [0.3, 0.4) is 0 Å². The van der Waals surface area contributed by atoms with Gasteiger partial charge in [-0.3, -0.25) is 9.10 Å². The van der Waals surface area contributed by atoms with E-state index in [1.54, 1.807) is 72.8 Å². The minimum Gasteiger partial charge on any atom is -0.325 e. The summed E-state index contributed by atoms with van der Waals surface area (Å²) < 4.78 is 28.0. The topological polar surface area (TPSA) is 90.3 Å². The number of hydrogen-bond donors (Lipinski definition) is 1. The number of thioether (sulfide) groups is 1. The SMILES string of the molecule is CSc1ccc(S(=O)(=O)N(CC(=O)Nc2ccc(CC#N)cc2)c2ccc(C)cc2)cc1. The molecule has 1 N–H and O–H groups in total. The van der Waals surface area contributed by atoms with E-state index in [2.05, 4.69) is 11.4 Å². The summed E-state index contributed by atoms with van der Waals surface area (Å²) in [5.41, 5.74) is 2.76. The predicted octanol–water partition coefficient (Wildman–Crippen LogP) is 4.62. The Labute approximate surface area is 192 Å². The predicted molar refractivity (Wildman–Crippen MR) is 128 cm³/mol. The summed E-state index contributed by atoms with van der Waals surface area (Å²) in [7, 11) is -3.97. The number of aryl methyl sites for hydroxylation is 1. The zero-order chi connectivity index (χ0) is 23.1. The fraction of sp³-hybridized carbons (Fsp3) is 0.167. The maximum Gasteiger partial charge on any atom is 0.264 e. The molecular formula is C24H23N3O3S2. The van der Waals surface area contributed by atoms with E-state index in [-0.39, 0.29) is 17.9 Å². The molecule has 32 heavy (non-hydrogen) atoms. The van der Waals surface area contributed by atoms with Crippen molar-refractivity contribution in [3.05, 3.63) is 83.9 Å². The van der Waals surface area contributed by atoms with Crippen LogP contribution in [0.1, 0.15) is 11.1 Å². The molecule has 0 radical (unpaired) electrons. The van der Waals surface area contributed by atoms with E-state index in [9.17, 15) is 13.2 Å². The van der Waals surface area contributed by atoms with Crippen LogP contribution in [0.5, 0.6) is 0 Å². The molecular weight excluding hydrogens is 442 g/mol. The highest BCUT2D eigenvalue weighted by Gasteiger charge is 2.27.